The highest BCUT2D eigenvalue weighted by Gasteiger charge is 2.31. The minimum absolute atomic E-state index is 0.0373. The van der Waals surface area contributed by atoms with Crippen LogP contribution in [0.15, 0.2) is 0 Å². The molecule has 1 atom stereocenters. The zero-order chi connectivity index (χ0) is 14.0. The Bertz CT molecular complexity index is 466. The van der Waals surface area contributed by atoms with Crippen molar-refractivity contribution in [2.45, 2.75) is 58.2 Å². The molecular weight excluding hydrogens is 242 g/mol. The first-order valence-corrected chi connectivity index (χ1v) is 6.91. The van der Waals surface area contributed by atoms with Gasteiger partial charge in [-0.15, -0.1) is 10.2 Å². The van der Waals surface area contributed by atoms with Crippen LogP contribution in [0.4, 0.5) is 0 Å². The van der Waals surface area contributed by atoms with Crippen LogP contribution in [0, 0.1) is 0 Å². The van der Waals surface area contributed by atoms with Gasteiger partial charge in [0.1, 0.15) is 5.82 Å². The lowest BCUT2D eigenvalue weighted by atomic mass is 9.96. The minimum atomic E-state index is -0.794. The summed E-state index contributed by atoms with van der Waals surface area (Å²) in [7, 11) is 1.78. The first-order chi connectivity index (χ1) is 8.95. The Morgan fingerprint density at radius 3 is 2.95 bits per heavy atom. The lowest BCUT2D eigenvalue weighted by Crippen LogP contribution is -2.51. The van der Waals surface area contributed by atoms with Crippen molar-refractivity contribution in [2.24, 2.45) is 5.73 Å². The number of carbonyl (C=O) groups is 1. The molecule has 0 radical (unpaired) electrons. The number of aromatic nitrogens is 3. The van der Waals surface area contributed by atoms with Gasteiger partial charge in [-0.1, -0.05) is 13.3 Å². The molecule has 1 aliphatic rings. The van der Waals surface area contributed by atoms with E-state index >= 15 is 0 Å². The van der Waals surface area contributed by atoms with E-state index in [9.17, 15) is 4.79 Å². The van der Waals surface area contributed by atoms with Gasteiger partial charge in [0.25, 0.3) is 0 Å². The van der Waals surface area contributed by atoms with Crippen molar-refractivity contribution in [3.8, 4) is 0 Å². The summed E-state index contributed by atoms with van der Waals surface area (Å²) in [6.07, 6.45) is 3.68. The average molecular weight is 265 g/mol. The summed E-state index contributed by atoms with van der Waals surface area (Å²) in [6, 6.07) is 0. The number of hydrogen-bond donors (Lipinski definition) is 1. The average Bonchev–Trinajstić information content (AvgIpc) is 2.93. The van der Waals surface area contributed by atoms with Gasteiger partial charge in [-0.05, 0) is 19.8 Å². The van der Waals surface area contributed by atoms with E-state index < -0.39 is 5.54 Å². The molecule has 2 N–H and O–H groups in total. The second-order valence-electron chi connectivity index (χ2n) is 5.62. The summed E-state index contributed by atoms with van der Waals surface area (Å²) < 4.78 is 2.11. The van der Waals surface area contributed by atoms with Crippen molar-refractivity contribution in [1.29, 1.82) is 0 Å². The Balaban J connectivity index is 2.04. The fraction of sp³-hybridized carbons (Fsp3) is 0.769. The van der Waals surface area contributed by atoms with Crippen LogP contribution in [0.1, 0.15) is 44.8 Å². The Morgan fingerprint density at radius 1 is 1.53 bits per heavy atom. The van der Waals surface area contributed by atoms with Gasteiger partial charge in [0.05, 0.1) is 12.1 Å². The number of amides is 1. The van der Waals surface area contributed by atoms with E-state index in [-0.39, 0.29) is 5.91 Å². The zero-order valence-electron chi connectivity index (χ0n) is 12.0. The van der Waals surface area contributed by atoms with Gasteiger partial charge in [-0.25, -0.2) is 0 Å². The van der Waals surface area contributed by atoms with Crippen molar-refractivity contribution in [2.75, 3.05) is 7.05 Å². The SMILES string of the molecule is CCCC(C)(N)C(=O)N(C)Cc1nnc2n1CCC2. The molecule has 2 heterocycles. The molecule has 0 saturated carbocycles. The van der Waals surface area contributed by atoms with Gasteiger partial charge in [-0.2, -0.15) is 0 Å². The van der Waals surface area contributed by atoms with E-state index in [0.717, 1.165) is 37.5 Å². The highest BCUT2D eigenvalue weighted by Crippen LogP contribution is 2.17. The highest BCUT2D eigenvalue weighted by molar-refractivity contribution is 5.85. The Labute approximate surface area is 114 Å². The van der Waals surface area contributed by atoms with E-state index in [4.69, 9.17) is 5.73 Å². The van der Waals surface area contributed by atoms with Crippen molar-refractivity contribution in [3.63, 3.8) is 0 Å². The largest absolute Gasteiger partial charge is 0.337 e. The third-order valence-corrected chi connectivity index (χ3v) is 3.67. The van der Waals surface area contributed by atoms with E-state index in [1.165, 1.54) is 0 Å². The minimum Gasteiger partial charge on any atom is -0.337 e. The number of aryl methyl sites for hydroxylation is 1. The quantitative estimate of drug-likeness (QED) is 0.850. The summed E-state index contributed by atoms with van der Waals surface area (Å²) in [4.78, 5) is 14.0. The number of rotatable bonds is 5. The molecule has 0 bridgehead atoms. The predicted molar refractivity (Wildman–Crippen MR) is 72.3 cm³/mol. The topological polar surface area (TPSA) is 77.0 Å². The molecule has 0 aromatic carbocycles. The van der Waals surface area contributed by atoms with Crippen molar-refractivity contribution in [3.05, 3.63) is 11.6 Å². The normalized spacial score (nSPS) is 17.1. The van der Waals surface area contributed by atoms with Crippen molar-refractivity contribution in [1.82, 2.24) is 19.7 Å². The molecule has 6 heteroatoms. The number of carbonyl (C=O) groups excluding carboxylic acids is 1. The Hall–Kier alpha value is -1.43. The van der Waals surface area contributed by atoms with Crippen LogP contribution in [-0.4, -0.2) is 38.2 Å². The summed E-state index contributed by atoms with van der Waals surface area (Å²) in [6.45, 7) is 5.25. The lowest BCUT2D eigenvalue weighted by Gasteiger charge is -2.28. The second-order valence-corrected chi connectivity index (χ2v) is 5.62. The standard InChI is InChI=1S/C13H23N5O/c1-4-7-13(2,14)12(19)17(3)9-11-16-15-10-6-5-8-18(10)11/h4-9,14H2,1-3H3. The van der Waals surface area contributed by atoms with Crippen molar-refractivity contribution < 1.29 is 4.79 Å². The molecule has 0 spiro atoms. The molecule has 1 unspecified atom stereocenters. The Morgan fingerprint density at radius 2 is 2.26 bits per heavy atom. The number of hydrogen-bond acceptors (Lipinski definition) is 4. The van der Waals surface area contributed by atoms with Crippen LogP contribution in [0.5, 0.6) is 0 Å². The smallest absolute Gasteiger partial charge is 0.242 e. The lowest BCUT2D eigenvalue weighted by molar-refractivity contribution is -0.136. The zero-order valence-corrected chi connectivity index (χ0v) is 12.0. The first kappa shape index (κ1) is 14.0. The molecule has 1 aliphatic heterocycles. The molecular formula is C13H23N5O. The van der Waals surface area contributed by atoms with Crippen LogP contribution in [0.2, 0.25) is 0 Å². The maximum Gasteiger partial charge on any atom is 0.242 e. The number of nitrogens with two attached hydrogens (primary N) is 1. The van der Waals surface area contributed by atoms with Gasteiger partial charge in [0, 0.05) is 20.0 Å². The number of nitrogens with zero attached hydrogens (tertiary/aromatic N) is 4. The van der Waals surface area contributed by atoms with E-state index in [1.54, 1.807) is 18.9 Å². The van der Waals surface area contributed by atoms with E-state index in [2.05, 4.69) is 14.8 Å². The summed E-state index contributed by atoms with van der Waals surface area (Å²) in [5.41, 5.74) is 5.29. The highest BCUT2D eigenvalue weighted by atomic mass is 16.2. The molecule has 1 aromatic heterocycles. The molecule has 0 saturated heterocycles. The van der Waals surface area contributed by atoms with Crippen LogP contribution in [0.3, 0.4) is 0 Å². The Kier molecular flexibility index (Phi) is 3.89. The van der Waals surface area contributed by atoms with Gasteiger partial charge >= 0.3 is 0 Å². The molecule has 19 heavy (non-hydrogen) atoms. The van der Waals surface area contributed by atoms with Gasteiger partial charge in [0.2, 0.25) is 5.91 Å². The molecule has 0 aliphatic carbocycles. The molecule has 1 amide bonds. The first-order valence-electron chi connectivity index (χ1n) is 6.91. The molecule has 0 fully saturated rings. The number of fused-ring (bicyclic) bond motifs is 1. The summed E-state index contributed by atoms with van der Waals surface area (Å²) in [5, 5.41) is 8.32. The molecule has 106 valence electrons. The van der Waals surface area contributed by atoms with Crippen LogP contribution < -0.4 is 5.73 Å². The van der Waals surface area contributed by atoms with Crippen molar-refractivity contribution >= 4 is 5.91 Å². The maximum absolute atomic E-state index is 12.3. The summed E-state index contributed by atoms with van der Waals surface area (Å²) >= 11 is 0. The van der Waals surface area contributed by atoms with Crippen LogP contribution in [-0.2, 0) is 24.3 Å². The number of likely N-dealkylation sites (N-methyl/N-ethyl adjacent to an activating group) is 1. The fourth-order valence-electron chi connectivity index (χ4n) is 2.67. The van der Waals surface area contributed by atoms with Crippen LogP contribution in [0.25, 0.3) is 0 Å². The molecule has 2 rings (SSSR count). The third-order valence-electron chi connectivity index (χ3n) is 3.67. The fourth-order valence-corrected chi connectivity index (χ4v) is 2.67. The van der Waals surface area contributed by atoms with E-state index in [0.29, 0.717) is 13.0 Å². The monoisotopic (exact) mass is 265 g/mol. The van der Waals surface area contributed by atoms with E-state index in [1.807, 2.05) is 6.92 Å². The molecule has 6 nitrogen and oxygen atoms in total. The van der Waals surface area contributed by atoms with Gasteiger partial charge < -0.3 is 15.2 Å². The van der Waals surface area contributed by atoms with Crippen LogP contribution >= 0.6 is 0 Å². The second kappa shape index (κ2) is 5.28. The van der Waals surface area contributed by atoms with Gasteiger partial charge in [0.15, 0.2) is 5.82 Å². The maximum atomic E-state index is 12.3. The predicted octanol–water partition coefficient (Wildman–Crippen LogP) is 0.700. The molecule has 1 aromatic rings. The van der Waals surface area contributed by atoms with Gasteiger partial charge in [-0.3, -0.25) is 4.79 Å². The summed E-state index contributed by atoms with van der Waals surface area (Å²) in [5.74, 6) is 1.85. The third kappa shape index (κ3) is 2.78.